The van der Waals surface area contributed by atoms with Crippen LogP contribution >= 0.6 is 11.3 Å². The molecule has 0 amide bonds. The van der Waals surface area contributed by atoms with Gasteiger partial charge in [-0.15, -0.1) is 0 Å². The number of hydrogen-bond acceptors (Lipinski definition) is 8. The fourth-order valence-electron chi connectivity index (χ4n) is 1.88. The van der Waals surface area contributed by atoms with Crippen LogP contribution in [0.2, 0.25) is 0 Å². The molecule has 1 rings (SSSR count). The summed E-state index contributed by atoms with van der Waals surface area (Å²) in [5, 5.41) is 10.9. The molecule has 0 spiro atoms. The zero-order valence-corrected chi connectivity index (χ0v) is 13.5. The number of nitro groups is 1. The van der Waals surface area contributed by atoms with Crippen LogP contribution in [0.25, 0.3) is 0 Å². The molecular formula is C10H18N4O5S2. The summed E-state index contributed by atoms with van der Waals surface area (Å²) < 4.78 is 31.2. The minimum Gasteiger partial charge on any atom is -0.383 e. The van der Waals surface area contributed by atoms with Gasteiger partial charge in [0, 0.05) is 25.8 Å². The molecule has 1 aromatic rings. The van der Waals surface area contributed by atoms with E-state index in [-0.39, 0.29) is 34.1 Å². The normalized spacial score (nSPS) is 13.4. The van der Waals surface area contributed by atoms with Gasteiger partial charge in [-0.3, -0.25) is 10.1 Å². The van der Waals surface area contributed by atoms with Gasteiger partial charge in [0.15, 0.2) is 5.00 Å². The van der Waals surface area contributed by atoms with Gasteiger partial charge in [0.1, 0.15) is 4.21 Å². The summed E-state index contributed by atoms with van der Waals surface area (Å²) >= 11 is 0.726. The maximum absolute atomic E-state index is 12.6. The number of ether oxygens (including phenoxy) is 1. The highest BCUT2D eigenvalue weighted by atomic mass is 32.2. The lowest BCUT2D eigenvalue weighted by Crippen LogP contribution is -2.40. The zero-order chi connectivity index (χ0) is 16.2. The third-order valence-electron chi connectivity index (χ3n) is 2.79. The van der Waals surface area contributed by atoms with Gasteiger partial charge in [-0.1, -0.05) is 18.3 Å². The van der Waals surface area contributed by atoms with Crippen molar-refractivity contribution in [1.82, 2.24) is 4.31 Å². The van der Waals surface area contributed by atoms with Crippen LogP contribution in [0.15, 0.2) is 10.3 Å². The number of nitrogens with zero attached hydrogens (tertiary/aromatic N) is 2. The number of nitrogen functional groups attached to an aromatic ring is 1. The van der Waals surface area contributed by atoms with Crippen molar-refractivity contribution in [1.29, 1.82) is 0 Å². The van der Waals surface area contributed by atoms with Gasteiger partial charge in [-0.25, -0.2) is 14.3 Å². The molecule has 1 heterocycles. The molecular weight excluding hydrogens is 320 g/mol. The Hall–Kier alpha value is -1.27. The number of hydrogen-bond donors (Lipinski definition) is 2. The van der Waals surface area contributed by atoms with E-state index in [0.29, 0.717) is 0 Å². The van der Waals surface area contributed by atoms with Crippen molar-refractivity contribution in [2.45, 2.75) is 24.1 Å². The maximum Gasteiger partial charge on any atom is 0.306 e. The lowest BCUT2D eigenvalue weighted by molar-refractivity contribution is -0.383. The minimum absolute atomic E-state index is 0.00553. The molecule has 3 N–H and O–H groups in total. The molecule has 21 heavy (non-hydrogen) atoms. The summed E-state index contributed by atoms with van der Waals surface area (Å²) in [6, 6.07) is 0.623. The summed E-state index contributed by atoms with van der Waals surface area (Å²) in [7, 11) is -2.37. The highest BCUT2D eigenvalue weighted by molar-refractivity contribution is 7.91. The number of methoxy groups -OCH3 is 1. The van der Waals surface area contributed by atoms with E-state index in [1.54, 1.807) is 13.8 Å². The van der Waals surface area contributed by atoms with Crippen LogP contribution in [0.4, 0.5) is 10.7 Å². The van der Waals surface area contributed by atoms with Gasteiger partial charge >= 0.3 is 5.69 Å². The Morgan fingerprint density at radius 1 is 1.62 bits per heavy atom. The molecule has 0 saturated carbocycles. The Balaban J connectivity index is 3.26. The third-order valence-corrected chi connectivity index (χ3v) is 6.39. The Morgan fingerprint density at radius 3 is 2.62 bits per heavy atom. The second-order valence-electron chi connectivity index (χ2n) is 4.19. The molecule has 0 aliphatic rings. The smallest absolute Gasteiger partial charge is 0.306 e. The van der Waals surface area contributed by atoms with Crippen LogP contribution in [0.5, 0.6) is 0 Å². The fourth-order valence-corrected chi connectivity index (χ4v) is 4.88. The third kappa shape index (κ3) is 3.68. The molecule has 0 bridgehead atoms. The predicted octanol–water partition coefficient (Wildman–Crippen LogP) is 0.987. The second kappa shape index (κ2) is 7.13. The summed E-state index contributed by atoms with van der Waals surface area (Å²) in [5.41, 5.74) is 1.79. The minimum atomic E-state index is -3.85. The van der Waals surface area contributed by atoms with E-state index < -0.39 is 14.9 Å². The van der Waals surface area contributed by atoms with Gasteiger partial charge in [0.2, 0.25) is 0 Å². The van der Waals surface area contributed by atoms with Gasteiger partial charge in [-0.2, -0.15) is 4.31 Å². The fraction of sp³-hybridized carbons (Fsp3) is 0.600. The van der Waals surface area contributed by atoms with Crippen LogP contribution in [0.3, 0.4) is 0 Å². The summed E-state index contributed by atoms with van der Waals surface area (Å²) in [6.07, 6.45) is 0. The first-order valence-electron chi connectivity index (χ1n) is 6.05. The van der Waals surface area contributed by atoms with E-state index >= 15 is 0 Å². The lowest BCUT2D eigenvalue weighted by Gasteiger charge is -2.25. The molecule has 0 aliphatic carbocycles. The van der Waals surface area contributed by atoms with Gasteiger partial charge in [-0.05, 0) is 6.92 Å². The van der Waals surface area contributed by atoms with Crippen molar-refractivity contribution in [2.24, 2.45) is 5.84 Å². The average Bonchev–Trinajstić information content (AvgIpc) is 2.84. The van der Waals surface area contributed by atoms with Crippen molar-refractivity contribution in [3.63, 3.8) is 0 Å². The molecule has 1 aromatic heterocycles. The summed E-state index contributed by atoms with van der Waals surface area (Å²) in [4.78, 5) is 10.2. The van der Waals surface area contributed by atoms with Gasteiger partial charge in [0.05, 0.1) is 11.5 Å². The highest BCUT2D eigenvalue weighted by Crippen LogP contribution is 2.37. The molecule has 0 radical (unpaired) electrons. The molecule has 1 unspecified atom stereocenters. The highest BCUT2D eigenvalue weighted by Gasteiger charge is 2.32. The molecule has 0 aliphatic heterocycles. The molecule has 120 valence electrons. The summed E-state index contributed by atoms with van der Waals surface area (Å²) in [6.45, 7) is 3.84. The second-order valence-corrected chi connectivity index (χ2v) is 7.36. The first-order valence-corrected chi connectivity index (χ1v) is 8.30. The van der Waals surface area contributed by atoms with E-state index in [1.165, 1.54) is 11.4 Å². The van der Waals surface area contributed by atoms with Gasteiger partial charge < -0.3 is 10.2 Å². The molecule has 0 aromatic carbocycles. The van der Waals surface area contributed by atoms with Crippen molar-refractivity contribution >= 4 is 32.0 Å². The number of nitrogens with two attached hydrogens (primary N) is 1. The molecule has 1 atom stereocenters. The quantitative estimate of drug-likeness (QED) is 0.411. The average molecular weight is 338 g/mol. The number of anilines is 1. The van der Waals surface area contributed by atoms with E-state index in [9.17, 15) is 18.5 Å². The zero-order valence-electron chi connectivity index (χ0n) is 11.9. The van der Waals surface area contributed by atoms with Crippen molar-refractivity contribution in [3.8, 4) is 0 Å². The topological polar surface area (TPSA) is 128 Å². The van der Waals surface area contributed by atoms with Crippen LogP contribution in [-0.4, -0.2) is 43.9 Å². The Bertz CT molecular complexity index is 601. The Kier molecular flexibility index (Phi) is 6.04. The number of hydrazine groups is 1. The van der Waals surface area contributed by atoms with Crippen LogP contribution in [0, 0.1) is 10.1 Å². The van der Waals surface area contributed by atoms with E-state index in [2.05, 4.69) is 5.43 Å². The molecule has 0 fully saturated rings. The summed E-state index contributed by atoms with van der Waals surface area (Å²) in [5.74, 6) is 5.19. The monoisotopic (exact) mass is 338 g/mol. The standard InChI is InChI=1S/C10H18N4O5S2/c1-4-13(7(2)6-19-3)21(17,18)9-5-8(14(15)16)10(12-11)20-9/h5,7,12H,4,6,11H2,1-3H3. The number of thiophene rings is 1. The SMILES string of the molecule is CCN(C(C)COC)S(=O)(=O)c1cc([N+](=O)[O-])c(NN)s1. The Morgan fingerprint density at radius 2 is 2.24 bits per heavy atom. The number of nitrogens with one attached hydrogen (secondary N) is 1. The van der Waals surface area contributed by atoms with Crippen molar-refractivity contribution < 1.29 is 18.1 Å². The van der Waals surface area contributed by atoms with Crippen molar-refractivity contribution in [3.05, 3.63) is 16.2 Å². The molecule has 11 heteroatoms. The predicted molar refractivity (Wildman–Crippen MR) is 79.7 cm³/mol. The first-order chi connectivity index (χ1) is 9.79. The van der Waals surface area contributed by atoms with Crippen LogP contribution in [0.1, 0.15) is 13.8 Å². The van der Waals surface area contributed by atoms with Gasteiger partial charge in [0.25, 0.3) is 10.0 Å². The Labute approximate surface area is 126 Å². The maximum atomic E-state index is 12.6. The molecule has 9 nitrogen and oxygen atoms in total. The van der Waals surface area contributed by atoms with E-state index in [4.69, 9.17) is 10.6 Å². The van der Waals surface area contributed by atoms with Crippen molar-refractivity contribution in [2.75, 3.05) is 25.7 Å². The lowest BCUT2D eigenvalue weighted by atomic mass is 10.4. The van der Waals surface area contributed by atoms with Crippen LogP contribution < -0.4 is 11.3 Å². The largest absolute Gasteiger partial charge is 0.383 e. The number of sulfonamides is 1. The van der Waals surface area contributed by atoms with E-state index in [0.717, 1.165) is 17.4 Å². The van der Waals surface area contributed by atoms with Crippen LogP contribution in [-0.2, 0) is 14.8 Å². The molecule has 0 saturated heterocycles. The van der Waals surface area contributed by atoms with E-state index in [1.807, 2.05) is 0 Å². The number of likely N-dealkylation sites (N-methyl/N-ethyl adjacent to an activating group) is 1. The first kappa shape index (κ1) is 17.8. The number of rotatable bonds is 8.